The van der Waals surface area contributed by atoms with Crippen molar-refractivity contribution in [1.82, 2.24) is 9.47 Å². The number of hydrogen-bond donors (Lipinski definition) is 0. The predicted octanol–water partition coefficient (Wildman–Crippen LogP) is 3.47. The Bertz CT molecular complexity index is 788. The molecule has 2 aromatic rings. The summed E-state index contributed by atoms with van der Waals surface area (Å²) in [6.45, 7) is 3.29. The van der Waals surface area contributed by atoms with E-state index in [-0.39, 0.29) is 17.8 Å². The summed E-state index contributed by atoms with van der Waals surface area (Å²) in [6.07, 6.45) is 5.86. The lowest BCUT2D eigenvalue weighted by Gasteiger charge is -2.31. The molecular formula is C21H28N2O3. The molecule has 140 valence electrons. The van der Waals surface area contributed by atoms with Crippen molar-refractivity contribution in [3.63, 3.8) is 0 Å². The van der Waals surface area contributed by atoms with Crippen LogP contribution in [0.3, 0.4) is 0 Å². The van der Waals surface area contributed by atoms with Gasteiger partial charge in [-0.3, -0.25) is 9.59 Å². The van der Waals surface area contributed by atoms with Crippen molar-refractivity contribution < 1.29 is 14.3 Å². The van der Waals surface area contributed by atoms with E-state index in [9.17, 15) is 9.59 Å². The summed E-state index contributed by atoms with van der Waals surface area (Å²) in [5.41, 5.74) is 2.18. The largest absolute Gasteiger partial charge is 0.469 e. The number of amides is 1. The van der Waals surface area contributed by atoms with Gasteiger partial charge in [-0.1, -0.05) is 18.2 Å². The Balaban J connectivity index is 1.73. The molecule has 1 amide bonds. The molecule has 3 rings (SSSR count). The summed E-state index contributed by atoms with van der Waals surface area (Å²) in [7, 11) is 3.48. The Morgan fingerprint density at radius 2 is 1.92 bits per heavy atom. The lowest BCUT2D eigenvalue weighted by atomic mass is 9.86. The molecule has 0 bridgehead atoms. The fraction of sp³-hybridized carbons (Fsp3) is 0.524. The van der Waals surface area contributed by atoms with Gasteiger partial charge in [0.1, 0.15) is 0 Å². The lowest BCUT2D eigenvalue weighted by molar-refractivity contribution is -0.142. The van der Waals surface area contributed by atoms with Gasteiger partial charge in [0.05, 0.1) is 13.0 Å². The van der Waals surface area contributed by atoms with Gasteiger partial charge in [-0.25, -0.2) is 0 Å². The molecule has 0 aliphatic carbocycles. The van der Waals surface area contributed by atoms with Crippen LogP contribution >= 0.6 is 0 Å². The molecule has 0 spiro atoms. The van der Waals surface area contributed by atoms with Gasteiger partial charge in [0.15, 0.2) is 0 Å². The molecule has 1 aliphatic heterocycles. The third-order valence-corrected chi connectivity index (χ3v) is 5.71. The molecule has 1 aromatic heterocycles. The number of carbonyl (C=O) groups is 2. The molecular weight excluding hydrogens is 328 g/mol. The average Bonchev–Trinajstić information content (AvgIpc) is 2.99. The topological polar surface area (TPSA) is 51.5 Å². The van der Waals surface area contributed by atoms with Crippen LogP contribution < -0.4 is 0 Å². The molecule has 1 unspecified atom stereocenters. The molecule has 1 fully saturated rings. The van der Waals surface area contributed by atoms with Crippen molar-refractivity contribution in [1.29, 1.82) is 0 Å². The molecule has 1 atom stereocenters. The molecule has 5 heteroatoms. The number of carbonyl (C=O) groups excluding carboxylic acids is 2. The van der Waals surface area contributed by atoms with Gasteiger partial charge in [-0.2, -0.15) is 0 Å². The summed E-state index contributed by atoms with van der Waals surface area (Å²) in [6, 6.07) is 8.18. The van der Waals surface area contributed by atoms with Crippen LogP contribution in [0.25, 0.3) is 10.9 Å². The van der Waals surface area contributed by atoms with E-state index in [1.54, 1.807) is 6.92 Å². The van der Waals surface area contributed by atoms with E-state index >= 15 is 0 Å². The number of fused-ring (bicyclic) bond motifs is 1. The van der Waals surface area contributed by atoms with E-state index in [0.717, 1.165) is 55.2 Å². The van der Waals surface area contributed by atoms with Crippen molar-refractivity contribution >= 4 is 22.8 Å². The van der Waals surface area contributed by atoms with Gasteiger partial charge < -0.3 is 14.2 Å². The summed E-state index contributed by atoms with van der Waals surface area (Å²) < 4.78 is 7.19. The third kappa shape index (κ3) is 3.76. The second-order valence-electron chi connectivity index (χ2n) is 7.32. The van der Waals surface area contributed by atoms with Gasteiger partial charge in [0.25, 0.3) is 0 Å². The lowest BCUT2D eigenvalue weighted by Crippen LogP contribution is -2.37. The second kappa shape index (κ2) is 7.94. The fourth-order valence-corrected chi connectivity index (χ4v) is 4.13. The van der Waals surface area contributed by atoms with Gasteiger partial charge in [0.2, 0.25) is 5.91 Å². The zero-order valence-corrected chi connectivity index (χ0v) is 15.9. The first-order chi connectivity index (χ1) is 12.5. The zero-order valence-electron chi connectivity index (χ0n) is 15.9. The number of rotatable bonds is 5. The Morgan fingerprint density at radius 1 is 1.23 bits per heavy atom. The highest BCUT2D eigenvalue weighted by Gasteiger charge is 2.27. The molecule has 0 radical (unpaired) electrons. The van der Waals surface area contributed by atoms with Crippen LogP contribution in [-0.4, -0.2) is 41.5 Å². The van der Waals surface area contributed by atoms with E-state index in [0.29, 0.717) is 5.92 Å². The van der Waals surface area contributed by atoms with Crippen LogP contribution in [-0.2, 0) is 21.4 Å². The smallest absolute Gasteiger partial charge is 0.313 e. The van der Waals surface area contributed by atoms with E-state index in [1.807, 2.05) is 24.1 Å². The summed E-state index contributed by atoms with van der Waals surface area (Å²) in [4.78, 5) is 25.9. The monoisotopic (exact) mass is 356 g/mol. The van der Waals surface area contributed by atoms with Crippen LogP contribution in [0.2, 0.25) is 0 Å². The number of ether oxygens (including phenoxy) is 1. The number of piperidine rings is 1. The first kappa shape index (κ1) is 18.5. The SMILES string of the molecule is COC(=O)C(CCC1CCN(C(C)=O)CC1)c1cn(C)c2ccccc12. The van der Waals surface area contributed by atoms with Gasteiger partial charge >= 0.3 is 5.97 Å². The van der Waals surface area contributed by atoms with Crippen LogP contribution in [0.1, 0.15) is 44.1 Å². The first-order valence-corrected chi connectivity index (χ1v) is 9.38. The maximum absolute atomic E-state index is 12.5. The molecule has 2 heterocycles. The van der Waals surface area contributed by atoms with Crippen LogP contribution in [0, 0.1) is 5.92 Å². The predicted molar refractivity (Wildman–Crippen MR) is 102 cm³/mol. The minimum Gasteiger partial charge on any atom is -0.469 e. The number of para-hydroxylation sites is 1. The number of esters is 1. The van der Waals surface area contributed by atoms with Crippen molar-refractivity contribution in [2.24, 2.45) is 13.0 Å². The van der Waals surface area contributed by atoms with Gasteiger partial charge in [0, 0.05) is 44.2 Å². The van der Waals surface area contributed by atoms with Crippen LogP contribution in [0.15, 0.2) is 30.5 Å². The summed E-state index contributed by atoms with van der Waals surface area (Å²) in [5, 5.41) is 1.12. The first-order valence-electron chi connectivity index (χ1n) is 9.38. The molecule has 26 heavy (non-hydrogen) atoms. The third-order valence-electron chi connectivity index (χ3n) is 5.71. The van der Waals surface area contributed by atoms with E-state index in [1.165, 1.54) is 7.11 Å². The molecule has 5 nitrogen and oxygen atoms in total. The van der Waals surface area contributed by atoms with Gasteiger partial charge in [-0.15, -0.1) is 0 Å². The number of benzene rings is 1. The normalized spacial score (nSPS) is 16.7. The van der Waals surface area contributed by atoms with Crippen LogP contribution in [0.4, 0.5) is 0 Å². The highest BCUT2D eigenvalue weighted by Crippen LogP contribution is 2.33. The number of likely N-dealkylation sites (tertiary alicyclic amines) is 1. The number of methoxy groups -OCH3 is 1. The number of aryl methyl sites for hydroxylation is 1. The second-order valence-corrected chi connectivity index (χ2v) is 7.32. The average molecular weight is 356 g/mol. The highest BCUT2D eigenvalue weighted by atomic mass is 16.5. The highest BCUT2D eigenvalue weighted by molar-refractivity contribution is 5.90. The molecule has 0 saturated carbocycles. The van der Waals surface area contributed by atoms with E-state index in [2.05, 4.69) is 22.9 Å². The summed E-state index contributed by atoms with van der Waals surface area (Å²) in [5.74, 6) is 0.318. The maximum Gasteiger partial charge on any atom is 0.313 e. The molecule has 1 saturated heterocycles. The Morgan fingerprint density at radius 3 is 2.58 bits per heavy atom. The quantitative estimate of drug-likeness (QED) is 0.771. The minimum atomic E-state index is -0.239. The Kier molecular flexibility index (Phi) is 5.64. The van der Waals surface area contributed by atoms with Crippen molar-refractivity contribution in [3.05, 3.63) is 36.0 Å². The molecule has 0 N–H and O–H groups in total. The number of aromatic nitrogens is 1. The van der Waals surface area contributed by atoms with Crippen molar-refractivity contribution in [2.45, 2.75) is 38.5 Å². The summed E-state index contributed by atoms with van der Waals surface area (Å²) >= 11 is 0. The minimum absolute atomic E-state index is 0.159. The molecule has 1 aliphatic rings. The standard InChI is InChI=1S/C21H28N2O3/c1-15(24)23-12-10-16(11-13-23)8-9-18(21(25)26-3)19-14-22(2)20-7-5-4-6-17(19)20/h4-7,14,16,18H,8-13H2,1-3H3. The van der Waals surface area contributed by atoms with Crippen molar-refractivity contribution in [3.8, 4) is 0 Å². The van der Waals surface area contributed by atoms with E-state index in [4.69, 9.17) is 4.74 Å². The number of nitrogens with zero attached hydrogens (tertiary/aromatic N) is 2. The van der Waals surface area contributed by atoms with Crippen LogP contribution in [0.5, 0.6) is 0 Å². The molecule has 1 aromatic carbocycles. The maximum atomic E-state index is 12.5. The van der Waals surface area contributed by atoms with Gasteiger partial charge in [-0.05, 0) is 43.2 Å². The Hall–Kier alpha value is -2.30. The van der Waals surface area contributed by atoms with Crippen molar-refractivity contribution in [2.75, 3.05) is 20.2 Å². The number of hydrogen-bond acceptors (Lipinski definition) is 3. The van der Waals surface area contributed by atoms with E-state index < -0.39 is 0 Å². The zero-order chi connectivity index (χ0) is 18.7. The Labute approximate surface area is 154 Å². The fourth-order valence-electron chi connectivity index (χ4n) is 4.13.